The van der Waals surface area contributed by atoms with E-state index in [1.807, 2.05) is 0 Å². The molecule has 0 N–H and O–H groups in total. The van der Waals surface area contributed by atoms with Crippen molar-refractivity contribution in [1.82, 2.24) is 0 Å². The molecule has 0 bridgehead atoms. The minimum atomic E-state index is -0.662. The number of hydrogen-bond donors (Lipinski definition) is 0. The Morgan fingerprint density at radius 3 is 2.20 bits per heavy atom. The summed E-state index contributed by atoms with van der Waals surface area (Å²) < 4.78 is 26.7. The molecule has 0 aromatic heterocycles. The lowest BCUT2D eigenvalue weighted by Gasteiger charge is -2.07. The molecule has 5 heteroatoms. The Hall–Kier alpha value is -1.09. The van der Waals surface area contributed by atoms with E-state index in [0.717, 1.165) is 6.07 Å². The summed E-state index contributed by atoms with van der Waals surface area (Å²) in [5.41, 5.74) is 1.46. The van der Waals surface area contributed by atoms with Gasteiger partial charge < -0.3 is 0 Å². The molecular formula is C15H9Cl3F2. The molecule has 20 heavy (non-hydrogen) atoms. The van der Waals surface area contributed by atoms with Gasteiger partial charge in [-0.05, 0) is 47.5 Å². The molecule has 0 aliphatic rings. The quantitative estimate of drug-likeness (QED) is 0.474. The molecule has 0 amide bonds. The molecule has 2 rings (SSSR count). The first-order chi connectivity index (χ1) is 9.49. The van der Waals surface area contributed by atoms with Gasteiger partial charge in [-0.25, -0.2) is 8.78 Å². The van der Waals surface area contributed by atoms with Crippen LogP contribution in [0.25, 0.3) is 11.6 Å². The maximum absolute atomic E-state index is 13.8. The standard InChI is InChI=1S/C15H9Cl3F2/c16-8-10(14-2-1-13(19)7-15(14)20)3-9-4-11(17)6-12(18)5-9/h1-7H,8H2. The van der Waals surface area contributed by atoms with Crippen LogP contribution < -0.4 is 0 Å². The van der Waals surface area contributed by atoms with Crippen LogP contribution in [0.3, 0.4) is 0 Å². The van der Waals surface area contributed by atoms with Crippen LogP contribution in [0.5, 0.6) is 0 Å². The normalized spacial score (nSPS) is 11.8. The van der Waals surface area contributed by atoms with Crippen molar-refractivity contribution in [3.8, 4) is 0 Å². The van der Waals surface area contributed by atoms with Crippen molar-refractivity contribution >= 4 is 46.5 Å². The molecule has 0 fully saturated rings. The van der Waals surface area contributed by atoms with Crippen LogP contribution in [0, 0.1) is 11.6 Å². The van der Waals surface area contributed by atoms with Gasteiger partial charge in [0.25, 0.3) is 0 Å². The minimum Gasteiger partial charge on any atom is -0.207 e. The van der Waals surface area contributed by atoms with Crippen LogP contribution in [0.2, 0.25) is 10.0 Å². The van der Waals surface area contributed by atoms with E-state index in [1.54, 1.807) is 24.3 Å². The van der Waals surface area contributed by atoms with Gasteiger partial charge in [-0.15, -0.1) is 11.6 Å². The van der Waals surface area contributed by atoms with E-state index in [9.17, 15) is 8.78 Å². The smallest absolute Gasteiger partial charge is 0.133 e. The van der Waals surface area contributed by atoms with E-state index in [-0.39, 0.29) is 11.4 Å². The van der Waals surface area contributed by atoms with Gasteiger partial charge in [0.1, 0.15) is 11.6 Å². The van der Waals surface area contributed by atoms with Gasteiger partial charge >= 0.3 is 0 Å². The summed E-state index contributed by atoms with van der Waals surface area (Å²) in [6.07, 6.45) is 1.67. The summed E-state index contributed by atoms with van der Waals surface area (Å²) in [6, 6.07) is 8.32. The number of benzene rings is 2. The van der Waals surface area contributed by atoms with E-state index in [0.29, 0.717) is 21.2 Å². The highest BCUT2D eigenvalue weighted by molar-refractivity contribution is 6.34. The molecule has 0 aliphatic heterocycles. The fourth-order valence-corrected chi connectivity index (χ4v) is 2.56. The summed E-state index contributed by atoms with van der Waals surface area (Å²) >= 11 is 17.7. The molecule has 0 spiro atoms. The fourth-order valence-electron chi connectivity index (χ4n) is 1.80. The van der Waals surface area contributed by atoms with Crippen LogP contribution in [-0.2, 0) is 0 Å². The Kier molecular flexibility index (Phi) is 5.03. The Morgan fingerprint density at radius 2 is 1.65 bits per heavy atom. The molecule has 0 heterocycles. The molecule has 0 nitrogen and oxygen atoms in total. The number of allylic oxidation sites excluding steroid dienone is 1. The third-order valence-electron chi connectivity index (χ3n) is 2.65. The first kappa shape index (κ1) is 15.3. The van der Waals surface area contributed by atoms with Crippen molar-refractivity contribution in [2.45, 2.75) is 0 Å². The van der Waals surface area contributed by atoms with Crippen LogP contribution in [0.15, 0.2) is 36.4 Å². The summed E-state index contributed by atoms with van der Waals surface area (Å²) in [7, 11) is 0. The molecule has 0 saturated carbocycles. The number of rotatable bonds is 3. The van der Waals surface area contributed by atoms with Gasteiger partial charge in [-0.2, -0.15) is 0 Å². The zero-order chi connectivity index (χ0) is 14.7. The second kappa shape index (κ2) is 6.57. The van der Waals surface area contributed by atoms with Crippen molar-refractivity contribution in [3.05, 3.63) is 69.2 Å². The van der Waals surface area contributed by atoms with Crippen molar-refractivity contribution in [2.24, 2.45) is 0 Å². The fraction of sp³-hybridized carbons (Fsp3) is 0.0667. The number of alkyl halides is 1. The monoisotopic (exact) mass is 332 g/mol. The number of halogens is 5. The zero-order valence-electron chi connectivity index (χ0n) is 10.1. The van der Waals surface area contributed by atoms with Gasteiger partial charge in [0.15, 0.2) is 0 Å². The Balaban J connectivity index is 2.48. The molecule has 0 saturated heterocycles. The Bertz CT molecular complexity index is 646. The van der Waals surface area contributed by atoms with Crippen molar-refractivity contribution in [3.63, 3.8) is 0 Å². The summed E-state index contributed by atoms with van der Waals surface area (Å²) in [5.74, 6) is -1.22. The van der Waals surface area contributed by atoms with E-state index >= 15 is 0 Å². The zero-order valence-corrected chi connectivity index (χ0v) is 12.4. The lowest BCUT2D eigenvalue weighted by Crippen LogP contribution is -1.93. The van der Waals surface area contributed by atoms with Gasteiger partial charge in [-0.3, -0.25) is 0 Å². The highest BCUT2D eigenvalue weighted by atomic mass is 35.5. The number of hydrogen-bond acceptors (Lipinski definition) is 0. The molecular weight excluding hydrogens is 325 g/mol. The molecule has 0 aliphatic carbocycles. The van der Waals surface area contributed by atoms with E-state index < -0.39 is 11.6 Å². The maximum atomic E-state index is 13.8. The predicted molar refractivity (Wildman–Crippen MR) is 81.4 cm³/mol. The van der Waals surface area contributed by atoms with Crippen LogP contribution in [0.4, 0.5) is 8.78 Å². The largest absolute Gasteiger partial charge is 0.207 e. The molecule has 2 aromatic carbocycles. The van der Waals surface area contributed by atoms with E-state index in [2.05, 4.69) is 0 Å². The maximum Gasteiger partial charge on any atom is 0.133 e. The van der Waals surface area contributed by atoms with Crippen LogP contribution in [-0.4, -0.2) is 5.88 Å². The molecule has 0 radical (unpaired) electrons. The van der Waals surface area contributed by atoms with E-state index in [4.69, 9.17) is 34.8 Å². The first-order valence-corrected chi connectivity index (χ1v) is 6.96. The molecule has 0 unspecified atom stereocenters. The first-order valence-electron chi connectivity index (χ1n) is 5.67. The molecule has 0 atom stereocenters. The third-order valence-corrected chi connectivity index (χ3v) is 3.37. The van der Waals surface area contributed by atoms with Crippen LogP contribution >= 0.6 is 34.8 Å². The van der Waals surface area contributed by atoms with Gasteiger partial charge in [0.05, 0.1) is 0 Å². The third kappa shape index (κ3) is 3.72. The lowest BCUT2D eigenvalue weighted by atomic mass is 10.0. The average molecular weight is 334 g/mol. The van der Waals surface area contributed by atoms with Gasteiger partial charge in [-0.1, -0.05) is 23.2 Å². The highest BCUT2D eigenvalue weighted by Crippen LogP contribution is 2.26. The second-order valence-corrected chi connectivity index (χ2v) is 5.27. The molecule has 2 aromatic rings. The van der Waals surface area contributed by atoms with Crippen molar-refractivity contribution in [1.29, 1.82) is 0 Å². The van der Waals surface area contributed by atoms with Gasteiger partial charge in [0.2, 0.25) is 0 Å². The van der Waals surface area contributed by atoms with E-state index in [1.165, 1.54) is 12.1 Å². The highest BCUT2D eigenvalue weighted by Gasteiger charge is 2.09. The van der Waals surface area contributed by atoms with Crippen LogP contribution in [0.1, 0.15) is 11.1 Å². The predicted octanol–water partition coefficient (Wildman–Crippen LogP) is 6.05. The lowest BCUT2D eigenvalue weighted by molar-refractivity contribution is 0.581. The molecule has 104 valence electrons. The van der Waals surface area contributed by atoms with Gasteiger partial charge in [0, 0.05) is 27.6 Å². The second-order valence-electron chi connectivity index (χ2n) is 4.13. The van der Waals surface area contributed by atoms with Crippen molar-refractivity contribution in [2.75, 3.05) is 5.88 Å². The summed E-state index contributed by atoms with van der Waals surface area (Å²) in [6.45, 7) is 0. The van der Waals surface area contributed by atoms with Crippen molar-refractivity contribution < 1.29 is 8.78 Å². The summed E-state index contributed by atoms with van der Waals surface area (Å²) in [4.78, 5) is 0. The Morgan fingerprint density at radius 1 is 1.00 bits per heavy atom. The minimum absolute atomic E-state index is 0.0761. The average Bonchev–Trinajstić information content (AvgIpc) is 2.35. The summed E-state index contributed by atoms with van der Waals surface area (Å²) in [5, 5.41) is 0.939. The topological polar surface area (TPSA) is 0 Å². The SMILES string of the molecule is Fc1ccc(C(=Cc2cc(Cl)cc(Cl)c2)CCl)c(F)c1. The Labute approximate surface area is 130 Å².